The monoisotopic (exact) mass is 156 g/mol. The Kier molecular flexibility index (Phi) is 5.47. The third-order valence-electron chi connectivity index (χ3n) is 1.49. The fraction of sp³-hybridized carbons (Fsp3) is 0.625. The van der Waals surface area contributed by atoms with Gasteiger partial charge in [-0.15, -0.1) is 0 Å². The van der Waals surface area contributed by atoms with E-state index in [1.54, 1.807) is 6.08 Å². The van der Waals surface area contributed by atoms with E-state index >= 15 is 0 Å². The number of carbonyl (C=O) groups is 1. The van der Waals surface area contributed by atoms with Crippen molar-refractivity contribution in [3.05, 3.63) is 11.6 Å². The molecule has 3 N–H and O–H groups in total. The van der Waals surface area contributed by atoms with Crippen molar-refractivity contribution in [3.8, 4) is 0 Å². The van der Waals surface area contributed by atoms with Gasteiger partial charge in [-0.2, -0.15) is 0 Å². The topological polar surface area (TPSA) is 55.1 Å². The number of hydrogen-bond acceptors (Lipinski definition) is 2. The molecule has 0 rings (SSSR count). The third-order valence-corrected chi connectivity index (χ3v) is 1.49. The van der Waals surface area contributed by atoms with Crippen LogP contribution in [0.4, 0.5) is 0 Å². The van der Waals surface area contributed by atoms with Gasteiger partial charge in [-0.3, -0.25) is 4.79 Å². The number of amides is 1. The SMILES string of the molecule is CC=C(CCNCC)C(N)=O. The lowest BCUT2D eigenvalue weighted by Crippen LogP contribution is -2.20. The lowest BCUT2D eigenvalue weighted by molar-refractivity contribution is -0.114. The molecule has 0 unspecified atom stereocenters. The summed E-state index contributed by atoms with van der Waals surface area (Å²) in [5, 5.41) is 3.12. The molecule has 0 aromatic heterocycles. The molecule has 0 fully saturated rings. The maximum atomic E-state index is 10.7. The quantitative estimate of drug-likeness (QED) is 0.447. The lowest BCUT2D eigenvalue weighted by atomic mass is 10.2. The highest BCUT2D eigenvalue weighted by molar-refractivity contribution is 5.91. The van der Waals surface area contributed by atoms with Gasteiger partial charge in [-0.25, -0.2) is 0 Å². The van der Waals surface area contributed by atoms with Crippen LogP contribution in [0.2, 0.25) is 0 Å². The van der Waals surface area contributed by atoms with Crippen molar-refractivity contribution in [2.24, 2.45) is 5.73 Å². The average molecular weight is 156 g/mol. The molecular formula is C8H16N2O. The first kappa shape index (κ1) is 10.2. The second-order valence-corrected chi connectivity index (χ2v) is 2.28. The molecule has 3 heteroatoms. The van der Waals surface area contributed by atoms with Crippen LogP contribution in [0.3, 0.4) is 0 Å². The Labute approximate surface area is 67.7 Å². The van der Waals surface area contributed by atoms with Crippen LogP contribution >= 0.6 is 0 Å². The fourth-order valence-electron chi connectivity index (χ4n) is 0.810. The zero-order chi connectivity index (χ0) is 8.69. The molecule has 0 atom stereocenters. The molecule has 0 aromatic rings. The number of nitrogens with two attached hydrogens (primary N) is 1. The van der Waals surface area contributed by atoms with E-state index in [0.717, 1.165) is 19.5 Å². The van der Waals surface area contributed by atoms with Crippen LogP contribution in [0, 0.1) is 0 Å². The van der Waals surface area contributed by atoms with Crippen LogP contribution in [0.5, 0.6) is 0 Å². The molecule has 64 valence electrons. The normalized spacial score (nSPS) is 11.6. The summed E-state index contributed by atoms with van der Waals surface area (Å²) in [5.74, 6) is -0.314. The van der Waals surface area contributed by atoms with Gasteiger partial charge >= 0.3 is 0 Å². The van der Waals surface area contributed by atoms with E-state index in [4.69, 9.17) is 5.73 Å². The minimum Gasteiger partial charge on any atom is -0.366 e. The first-order valence-electron chi connectivity index (χ1n) is 3.88. The van der Waals surface area contributed by atoms with Gasteiger partial charge in [-0.05, 0) is 26.4 Å². The Balaban J connectivity index is 3.63. The first-order chi connectivity index (χ1) is 5.22. The standard InChI is InChI=1S/C8H16N2O/c1-3-7(8(9)11)5-6-10-4-2/h3,10H,4-6H2,1-2H3,(H2,9,11). The maximum Gasteiger partial charge on any atom is 0.244 e. The highest BCUT2D eigenvalue weighted by Crippen LogP contribution is 1.97. The Hall–Kier alpha value is -0.830. The van der Waals surface area contributed by atoms with Crippen molar-refractivity contribution in [3.63, 3.8) is 0 Å². The molecule has 0 aromatic carbocycles. The lowest BCUT2D eigenvalue weighted by Gasteiger charge is -2.02. The Bertz CT molecular complexity index is 152. The second kappa shape index (κ2) is 5.92. The maximum absolute atomic E-state index is 10.7. The predicted octanol–water partition coefficient (Wildman–Crippen LogP) is 0.418. The zero-order valence-electron chi connectivity index (χ0n) is 7.18. The molecule has 1 amide bonds. The van der Waals surface area contributed by atoms with Gasteiger partial charge in [0.2, 0.25) is 5.91 Å². The Morgan fingerprint density at radius 1 is 1.64 bits per heavy atom. The molecule has 0 saturated heterocycles. The molecule has 0 spiro atoms. The summed E-state index contributed by atoms with van der Waals surface area (Å²) in [5.41, 5.74) is 5.79. The van der Waals surface area contributed by atoms with Gasteiger partial charge in [0, 0.05) is 5.57 Å². The third kappa shape index (κ3) is 4.56. The largest absolute Gasteiger partial charge is 0.366 e. The average Bonchev–Trinajstić information content (AvgIpc) is 1.97. The Morgan fingerprint density at radius 3 is 2.64 bits per heavy atom. The molecule has 0 radical (unpaired) electrons. The van der Waals surface area contributed by atoms with E-state index in [0.29, 0.717) is 5.57 Å². The summed E-state index contributed by atoms with van der Waals surface area (Å²) in [6.07, 6.45) is 2.49. The van der Waals surface area contributed by atoms with Crippen LogP contribution in [0.25, 0.3) is 0 Å². The Morgan fingerprint density at radius 2 is 2.27 bits per heavy atom. The molecule has 3 nitrogen and oxygen atoms in total. The summed E-state index contributed by atoms with van der Waals surface area (Å²) in [6.45, 7) is 5.60. The molecule has 0 aliphatic rings. The number of primary amides is 1. The van der Waals surface area contributed by atoms with E-state index < -0.39 is 0 Å². The summed E-state index contributed by atoms with van der Waals surface area (Å²) in [4.78, 5) is 10.7. The summed E-state index contributed by atoms with van der Waals surface area (Å²) >= 11 is 0. The van der Waals surface area contributed by atoms with Crippen LogP contribution in [-0.4, -0.2) is 19.0 Å². The zero-order valence-corrected chi connectivity index (χ0v) is 7.18. The van der Waals surface area contributed by atoms with Crippen molar-refractivity contribution in [1.82, 2.24) is 5.32 Å². The van der Waals surface area contributed by atoms with Crippen molar-refractivity contribution < 1.29 is 4.79 Å². The van der Waals surface area contributed by atoms with Gasteiger partial charge < -0.3 is 11.1 Å². The minimum atomic E-state index is -0.314. The summed E-state index contributed by atoms with van der Waals surface area (Å²) in [6, 6.07) is 0. The fourth-order valence-corrected chi connectivity index (χ4v) is 0.810. The van der Waals surface area contributed by atoms with Gasteiger partial charge in [0.1, 0.15) is 0 Å². The van der Waals surface area contributed by atoms with Crippen LogP contribution in [-0.2, 0) is 4.79 Å². The highest BCUT2D eigenvalue weighted by Gasteiger charge is 2.00. The van der Waals surface area contributed by atoms with Gasteiger partial charge in [-0.1, -0.05) is 13.0 Å². The van der Waals surface area contributed by atoms with E-state index in [9.17, 15) is 4.79 Å². The van der Waals surface area contributed by atoms with Gasteiger partial charge in [0.05, 0.1) is 0 Å². The molecule has 0 heterocycles. The molecule has 0 aliphatic heterocycles. The number of rotatable bonds is 5. The van der Waals surface area contributed by atoms with Crippen molar-refractivity contribution in [2.75, 3.05) is 13.1 Å². The molecule has 0 aliphatic carbocycles. The van der Waals surface area contributed by atoms with E-state index in [-0.39, 0.29) is 5.91 Å². The first-order valence-corrected chi connectivity index (χ1v) is 3.88. The number of nitrogens with one attached hydrogen (secondary N) is 1. The highest BCUT2D eigenvalue weighted by atomic mass is 16.1. The van der Waals surface area contributed by atoms with Crippen molar-refractivity contribution >= 4 is 5.91 Å². The van der Waals surface area contributed by atoms with Crippen LogP contribution in [0.1, 0.15) is 20.3 Å². The molecule has 0 saturated carbocycles. The van der Waals surface area contributed by atoms with Gasteiger partial charge in [0.15, 0.2) is 0 Å². The summed E-state index contributed by atoms with van der Waals surface area (Å²) in [7, 11) is 0. The van der Waals surface area contributed by atoms with Gasteiger partial charge in [0.25, 0.3) is 0 Å². The minimum absolute atomic E-state index is 0.314. The van der Waals surface area contributed by atoms with Crippen molar-refractivity contribution in [1.29, 1.82) is 0 Å². The van der Waals surface area contributed by atoms with Crippen LogP contribution in [0.15, 0.2) is 11.6 Å². The molecule has 0 bridgehead atoms. The number of hydrogen-bond donors (Lipinski definition) is 2. The number of allylic oxidation sites excluding steroid dienone is 1. The van der Waals surface area contributed by atoms with E-state index in [2.05, 4.69) is 5.32 Å². The smallest absolute Gasteiger partial charge is 0.244 e. The van der Waals surface area contributed by atoms with E-state index in [1.807, 2.05) is 13.8 Å². The second-order valence-electron chi connectivity index (χ2n) is 2.28. The predicted molar refractivity (Wildman–Crippen MR) is 46.1 cm³/mol. The summed E-state index contributed by atoms with van der Waals surface area (Å²) < 4.78 is 0. The molecular weight excluding hydrogens is 140 g/mol. The van der Waals surface area contributed by atoms with Crippen molar-refractivity contribution in [2.45, 2.75) is 20.3 Å². The van der Waals surface area contributed by atoms with E-state index in [1.165, 1.54) is 0 Å². The number of carbonyl (C=O) groups excluding carboxylic acids is 1. The molecule has 11 heavy (non-hydrogen) atoms. The van der Waals surface area contributed by atoms with Crippen LogP contribution < -0.4 is 11.1 Å².